The van der Waals surface area contributed by atoms with Crippen LogP contribution in [0, 0.1) is 0 Å². The van der Waals surface area contributed by atoms with Crippen LogP contribution in [0.15, 0.2) is 48.5 Å². The molecule has 1 saturated heterocycles. The van der Waals surface area contributed by atoms with Crippen molar-refractivity contribution in [2.45, 2.75) is 24.5 Å². The van der Waals surface area contributed by atoms with E-state index in [0.29, 0.717) is 0 Å². The Morgan fingerprint density at radius 3 is 2.21 bits per heavy atom. The van der Waals surface area contributed by atoms with Crippen LogP contribution in [0.2, 0.25) is 0 Å². The van der Waals surface area contributed by atoms with Crippen molar-refractivity contribution in [3.05, 3.63) is 59.7 Å². The van der Waals surface area contributed by atoms with E-state index in [0.717, 1.165) is 22.3 Å². The molecule has 1 aliphatic carbocycles. The molecule has 28 heavy (non-hydrogen) atoms. The van der Waals surface area contributed by atoms with Crippen molar-refractivity contribution >= 4 is 12.0 Å². The van der Waals surface area contributed by atoms with Gasteiger partial charge in [0.2, 0.25) is 5.91 Å². The molecule has 6 nitrogen and oxygen atoms in total. The topological polar surface area (TPSA) is 70.1 Å². The number of β-amino-alcohol motifs (C(OH)–C–C–N with tert-alkyl or cyclic N) is 1. The van der Waals surface area contributed by atoms with E-state index in [1.807, 2.05) is 24.3 Å². The number of hydrogen-bond donors (Lipinski definition) is 1. The first-order valence-corrected chi connectivity index (χ1v) is 9.48. The number of carbonyl (C=O) groups is 2. The quantitative estimate of drug-likeness (QED) is 0.888. The van der Waals surface area contributed by atoms with Crippen LogP contribution in [0.3, 0.4) is 0 Å². The van der Waals surface area contributed by atoms with Gasteiger partial charge in [0.15, 0.2) is 0 Å². The Labute approximate surface area is 164 Å². The Bertz CT molecular complexity index is 865. The third kappa shape index (κ3) is 3.14. The zero-order valence-electron chi connectivity index (χ0n) is 16.0. The fraction of sp³-hybridized carbons (Fsp3) is 0.364. The number of benzene rings is 2. The van der Waals surface area contributed by atoms with Crippen molar-refractivity contribution in [3.8, 4) is 11.1 Å². The molecule has 2 aliphatic rings. The smallest absolute Gasteiger partial charge is 0.410 e. The summed E-state index contributed by atoms with van der Waals surface area (Å²) in [5.74, 6) is -0.239. The average molecular weight is 380 g/mol. The second-order valence-corrected chi connectivity index (χ2v) is 7.59. The summed E-state index contributed by atoms with van der Waals surface area (Å²) in [4.78, 5) is 27.9. The summed E-state index contributed by atoms with van der Waals surface area (Å²) in [6, 6.07) is 15.6. The molecule has 1 aliphatic heterocycles. The molecule has 1 heterocycles. The van der Waals surface area contributed by atoms with E-state index in [1.54, 1.807) is 14.1 Å². The number of carbonyl (C=O) groups excluding carboxylic acids is 2. The van der Waals surface area contributed by atoms with E-state index in [4.69, 9.17) is 4.74 Å². The number of aliphatic hydroxyl groups excluding tert-OH is 1. The number of likely N-dealkylation sites (N-methyl/N-ethyl adjacent to an activating group) is 1. The lowest BCUT2D eigenvalue weighted by atomic mass is 9.98. The van der Waals surface area contributed by atoms with Gasteiger partial charge >= 0.3 is 6.09 Å². The molecule has 1 fully saturated rings. The molecule has 0 saturated carbocycles. The summed E-state index contributed by atoms with van der Waals surface area (Å²) in [6.45, 7) is 0.309. The summed E-state index contributed by atoms with van der Waals surface area (Å²) >= 11 is 0. The molecule has 2 atom stereocenters. The molecule has 0 bridgehead atoms. The van der Waals surface area contributed by atoms with Gasteiger partial charge in [-0.2, -0.15) is 0 Å². The standard InChI is InChI=1S/C22H24N2O4/c1-23(2)21(26)20-11-14(25)12-24(20)22(27)28-13-19-17-9-5-3-7-15(17)16-8-4-6-10-18(16)19/h3-10,14,19-20,25H,11-13H2,1-2H3/t14-,20+/m1/s1. The summed E-state index contributed by atoms with van der Waals surface area (Å²) in [6.07, 6.45) is -1.03. The number of aliphatic hydroxyl groups is 1. The van der Waals surface area contributed by atoms with E-state index < -0.39 is 18.2 Å². The van der Waals surface area contributed by atoms with Crippen molar-refractivity contribution in [2.24, 2.45) is 0 Å². The van der Waals surface area contributed by atoms with Gasteiger partial charge in [0.25, 0.3) is 0 Å². The number of amides is 2. The number of hydrogen-bond acceptors (Lipinski definition) is 4. The SMILES string of the molecule is CN(C)C(=O)[C@@H]1C[C@@H](O)CN1C(=O)OCC1c2ccccc2-c2ccccc21. The second-order valence-electron chi connectivity index (χ2n) is 7.59. The highest BCUT2D eigenvalue weighted by atomic mass is 16.6. The van der Waals surface area contributed by atoms with Gasteiger partial charge in [-0.1, -0.05) is 48.5 Å². The molecular weight excluding hydrogens is 356 g/mol. The van der Waals surface area contributed by atoms with E-state index in [1.165, 1.54) is 9.80 Å². The number of fused-ring (bicyclic) bond motifs is 3. The molecule has 0 unspecified atom stereocenters. The van der Waals surface area contributed by atoms with Gasteiger partial charge in [0.05, 0.1) is 12.6 Å². The summed E-state index contributed by atoms with van der Waals surface area (Å²) in [5.41, 5.74) is 4.60. The molecule has 2 amide bonds. The molecule has 1 N–H and O–H groups in total. The van der Waals surface area contributed by atoms with Crippen LogP contribution in [0.25, 0.3) is 11.1 Å². The van der Waals surface area contributed by atoms with Crippen LogP contribution in [-0.2, 0) is 9.53 Å². The maximum atomic E-state index is 12.7. The first-order valence-electron chi connectivity index (χ1n) is 9.48. The molecule has 4 rings (SSSR count). The molecular formula is C22H24N2O4. The lowest BCUT2D eigenvalue weighted by Gasteiger charge is -2.26. The monoisotopic (exact) mass is 380 g/mol. The summed E-state index contributed by atoms with van der Waals surface area (Å²) < 4.78 is 5.64. The van der Waals surface area contributed by atoms with Gasteiger partial charge in [-0.3, -0.25) is 9.69 Å². The maximum absolute atomic E-state index is 12.7. The normalized spacial score (nSPS) is 20.6. The van der Waals surface area contributed by atoms with Crippen molar-refractivity contribution in [1.29, 1.82) is 0 Å². The molecule has 6 heteroatoms. The highest BCUT2D eigenvalue weighted by Gasteiger charge is 2.41. The Hall–Kier alpha value is -2.86. The third-order valence-electron chi connectivity index (χ3n) is 5.58. The van der Waals surface area contributed by atoms with E-state index >= 15 is 0 Å². The van der Waals surface area contributed by atoms with Crippen LogP contribution >= 0.6 is 0 Å². The van der Waals surface area contributed by atoms with Gasteiger partial charge in [-0.15, -0.1) is 0 Å². The van der Waals surface area contributed by atoms with Gasteiger partial charge < -0.3 is 14.7 Å². The fourth-order valence-corrected chi connectivity index (χ4v) is 4.22. The van der Waals surface area contributed by atoms with Gasteiger partial charge in [0.1, 0.15) is 12.6 Å². The molecule has 2 aromatic rings. The van der Waals surface area contributed by atoms with Crippen LogP contribution in [-0.4, -0.2) is 66.3 Å². The van der Waals surface area contributed by atoms with Gasteiger partial charge in [0, 0.05) is 26.4 Å². The van der Waals surface area contributed by atoms with Gasteiger partial charge in [-0.05, 0) is 22.3 Å². The highest BCUT2D eigenvalue weighted by Crippen LogP contribution is 2.44. The minimum atomic E-state index is -0.714. The van der Waals surface area contributed by atoms with Crippen molar-refractivity contribution < 1.29 is 19.4 Å². The summed E-state index contributed by atoms with van der Waals surface area (Å²) in [7, 11) is 3.28. The van der Waals surface area contributed by atoms with Crippen LogP contribution < -0.4 is 0 Å². The minimum Gasteiger partial charge on any atom is -0.448 e. The maximum Gasteiger partial charge on any atom is 0.410 e. The molecule has 2 aromatic carbocycles. The van der Waals surface area contributed by atoms with E-state index in [2.05, 4.69) is 24.3 Å². The van der Waals surface area contributed by atoms with E-state index in [9.17, 15) is 14.7 Å². The average Bonchev–Trinajstić information content (AvgIpc) is 3.24. The lowest BCUT2D eigenvalue weighted by molar-refractivity contribution is -0.133. The van der Waals surface area contributed by atoms with Crippen LogP contribution in [0.1, 0.15) is 23.5 Å². The minimum absolute atomic E-state index is 0.0353. The Kier molecular flexibility index (Phi) is 4.81. The third-order valence-corrected chi connectivity index (χ3v) is 5.58. The number of ether oxygens (including phenoxy) is 1. The highest BCUT2D eigenvalue weighted by molar-refractivity contribution is 5.86. The predicted octanol–water partition coefficient (Wildman–Crippen LogP) is 2.46. The Morgan fingerprint density at radius 1 is 1.07 bits per heavy atom. The molecule has 0 spiro atoms. The fourth-order valence-electron chi connectivity index (χ4n) is 4.22. The van der Waals surface area contributed by atoms with Gasteiger partial charge in [-0.25, -0.2) is 4.79 Å². The van der Waals surface area contributed by atoms with E-state index in [-0.39, 0.29) is 31.4 Å². The zero-order chi connectivity index (χ0) is 19.8. The van der Waals surface area contributed by atoms with Crippen molar-refractivity contribution in [1.82, 2.24) is 9.80 Å². The first-order chi connectivity index (χ1) is 13.5. The number of rotatable bonds is 3. The van der Waals surface area contributed by atoms with Crippen LogP contribution in [0.5, 0.6) is 0 Å². The predicted molar refractivity (Wildman–Crippen MR) is 105 cm³/mol. The Balaban J connectivity index is 1.52. The molecule has 0 radical (unpaired) electrons. The molecule has 0 aromatic heterocycles. The second kappa shape index (κ2) is 7.28. The number of nitrogens with zero attached hydrogens (tertiary/aromatic N) is 2. The Morgan fingerprint density at radius 2 is 1.64 bits per heavy atom. The number of likely N-dealkylation sites (tertiary alicyclic amines) is 1. The molecule has 146 valence electrons. The van der Waals surface area contributed by atoms with Crippen molar-refractivity contribution in [2.75, 3.05) is 27.2 Å². The van der Waals surface area contributed by atoms with Crippen LogP contribution in [0.4, 0.5) is 4.79 Å². The largest absolute Gasteiger partial charge is 0.448 e. The zero-order valence-corrected chi connectivity index (χ0v) is 16.0. The summed E-state index contributed by atoms with van der Waals surface area (Å²) in [5, 5.41) is 9.97. The lowest BCUT2D eigenvalue weighted by Crippen LogP contribution is -2.45. The first kappa shape index (κ1) is 18.5. The van der Waals surface area contributed by atoms with Crippen molar-refractivity contribution in [3.63, 3.8) is 0 Å².